The van der Waals surface area contributed by atoms with Crippen molar-refractivity contribution in [2.75, 3.05) is 0 Å². The monoisotopic (exact) mass is 762 g/mol. The molecule has 0 aliphatic carbocycles. The van der Waals surface area contributed by atoms with Gasteiger partial charge in [-0.25, -0.2) is 9.97 Å². The third-order valence-electron chi connectivity index (χ3n) is 5.62. The number of aromatic nitrogens is 4. The van der Waals surface area contributed by atoms with E-state index in [9.17, 15) is 0 Å². The van der Waals surface area contributed by atoms with Crippen molar-refractivity contribution in [1.29, 1.82) is 0 Å². The summed E-state index contributed by atoms with van der Waals surface area (Å²) in [6.45, 7) is 0. The molecule has 1 N–H and O–H groups in total. The van der Waals surface area contributed by atoms with Crippen LogP contribution in [0.1, 0.15) is 22.8 Å². The van der Waals surface area contributed by atoms with Gasteiger partial charge in [-0.1, -0.05) is 30.3 Å². The first kappa shape index (κ1) is 25.0. The van der Waals surface area contributed by atoms with Gasteiger partial charge in [-0.05, 0) is 102 Å². The SMILES string of the molecule is BrC1=Cc2cc3ccc(cc4nc(cc5c(-c6ccccc6)c(Br)c(c(Br)c1n2)n5Br)C=C4)[nH]3.[Zn]. The second-order valence-electron chi connectivity index (χ2n) is 7.86. The van der Waals surface area contributed by atoms with Gasteiger partial charge in [0.15, 0.2) is 0 Å². The fourth-order valence-electron chi connectivity index (χ4n) is 4.09. The zero-order valence-electron chi connectivity index (χ0n) is 18.1. The molecule has 0 unspecified atom stereocenters. The second-order valence-corrected chi connectivity index (χ2v) is 11.0. The fraction of sp³-hybridized carbons (Fsp3) is 0. The minimum Gasteiger partial charge on any atom is -0.355 e. The molecule has 2 aliphatic rings. The second kappa shape index (κ2) is 10.0. The predicted octanol–water partition coefficient (Wildman–Crippen LogP) is 9.20. The zero-order valence-corrected chi connectivity index (χ0v) is 27.4. The van der Waals surface area contributed by atoms with Crippen LogP contribution in [0.15, 0.2) is 69.6 Å². The average molecular weight is 767 g/mol. The Morgan fingerprint density at radius 3 is 2.11 bits per heavy atom. The van der Waals surface area contributed by atoms with Crippen molar-refractivity contribution in [3.05, 3.63) is 92.4 Å². The number of fused-ring (bicyclic) bond motifs is 8. The first-order chi connectivity index (χ1) is 16.5. The van der Waals surface area contributed by atoms with Crippen LogP contribution in [0.4, 0.5) is 0 Å². The molecule has 1 aromatic carbocycles. The molecule has 0 spiro atoms. The molecule has 4 nitrogen and oxygen atoms in total. The number of hydrogen-bond donors (Lipinski definition) is 1. The molecule has 9 heteroatoms. The summed E-state index contributed by atoms with van der Waals surface area (Å²) in [5.41, 5.74) is 9.44. The van der Waals surface area contributed by atoms with Crippen LogP contribution in [-0.2, 0) is 19.5 Å². The topological polar surface area (TPSA) is 46.5 Å². The molecule has 6 rings (SSSR count). The van der Waals surface area contributed by atoms with Crippen LogP contribution >= 0.6 is 63.9 Å². The number of hydrogen-bond acceptors (Lipinski definition) is 2. The first-order valence-corrected chi connectivity index (χ1v) is 13.5. The Kier molecular flexibility index (Phi) is 7.17. The molecule has 0 amide bonds. The predicted molar refractivity (Wildman–Crippen MR) is 156 cm³/mol. The van der Waals surface area contributed by atoms with Gasteiger partial charge in [0.1, 0.15) is 0 Å². The van der Waals surface area contributed by atoms with E-state index >= 15 is 0 Å². The molecule has 168 valence electrons. The molecule has 3 aromatic heterocycles. The summed E-state index contributed by atoms with van der Waals surface area (Å²) in [5, 5.41) is 0. The van der Waals surface area contributed by atoms with Crippen molar-refractivity contribution >= 4 is 109 Å². The zero-order chi connectivity index (χ0) is 23.4. The molecular weight excluding hydrogens is 753 g/mol. The number of H-pyrrole nitrogens is 1. The number of benzene rings is 1. The Labute approximate surface area is 248 Å². The van der Waals surface area contributed by atoms with Gasteiger partial charge < -0.3 is 4.98 Å². The smallest absolute Gasteiger partial charge is 0.0943 e. The summed E-state index contributed by atoms with van der Waals surface area (Å²) < 4.78 is 4.70. The van der Waals surface area contributed by atoms with Gasteiger partial charge in [-0.15, -0.1) is 0 Å². The van der Waals surface area contributed by atoms with Crippen molar-refractivity contribution in [2.24, 2.45) is 0 Å². The van der Waals surface area contributed by atoms with Crippen molar-refractivity contribution < 1.29 is 19.5 Å². The minimum atomic E-state index is 0. The summed E-state index contributed by atoms with van der Waals surface area (Å²) >= 11 is 15.3. The summed E-state index contributed by atoms with van der Waals surface area (Å²) in [5.74, 6) is 0. The molecule has 2 aliphatic heterocycles. The Bertz CT molecular complexity index is 1700. The van der Waals surface area contributed by atoms with E-state index < -0.39 is 0 Å². The molecule has 35 heavy (non-hydrogen) atoms. The summed E-state index contributed by atoms with van der Waals surface area (Å²) in [6, 6.07) is 20.6. The van der Waals surface area contributed by atoms with Crippen LogP contribution < -0.4 is 0 Å². The molecule has 5 heterocycles. The quantitative estimate of drug-likeness (QED) is 0.173. The molecule has 0 fully saturated rings. The van der Waals surface area contributed by atoms with E-state index in [-0.39, 0.29) is 19.5 Å². The average Bonchev–Trinajstić information content (AvgIpc) is 3.58. The first-order valence-electron chi connectivity index (χ1n) is 10.4. The molecule has 0 atom stereocenters. The summed E-state index contributed by atoms with van der Waals surface area (Å²) in [6.07, 6.45) is 6.07. The van der Waals surface area contributed by atoms with Crippen molar-refractivity contribution in [3.63, 3.8) is 0 Å². The van der Waals surface area contributed by atoms with E-state index in [1.807, 2.05) is 64.3 Å². The van der Waals surface area contributed by atoms with Gasteiger partial charge in [-0.2, -0.15) is 0 Å². The minimum absolute atomic E-state index is 0. The molecule has 4 aromatic rings. The van der Waals surface area contributed by atoms with Gasteiger partial charge in [0.05, 0.1) is 58.9 Å². The van der Waals surface area contributed by atoms with Crippen molar-refractivity contribution in [1.82, 2.24) is 18.5 Å². The third-order valence-corrected chi connectivity index (χ3v) is 8.48. The van der Waals surface area contributed by atoms with E-state index in [2.05, 4.69) is 87.1 Å². The van der Waals surface area contributed by atoms with E-state index in [1.165, 1.54) is 0 Å². The molecular formula is C26H14Br4N4Zn. The molecule has 0 radical (unpaired) electrons. The maximum atomic E-state index is 4.89. The molecule has 0 saturated heterocycles. The third kappa shape index (κ3) is 4.62. The normalized spacial score (nSPS) is 12.4. The number of rotatable bonds is 1. The van der Waals surface area contributed by atoms with Crippen LogP contribution in [0, 0.1) is 0 Å². The van der Waals surface area contributed by atoms with E-state index in [0.29, 0.717) is 0 Å². The number of aromatic amines is 1. The van der Waals surface area contributed by atoms with E-state index in [1.54, 1.807) is 0 Å². The molecule has 8 bridgehead atoms. The standard InChI is InChI=1S/C26H14Br4N4.Zn/c27-20-12-19-11-17-7-6-15(31-17)10-16-8-9-18(32-16)13-21-22(14-4-2-1-3-5-14)23(28)26(34(21)30)24(29)25(20)33-19;/h1-13,31H;. The van der Waals surface area contributed by atoms with Gasteiger partial charge in [0, 0.05) is 40.6 Å². The number of nitrogens with zero attached hydrogens (tertiary/aromatic N) is 3. The number of halogens is 4. The van der Waals surface area contributed by atoms with Gasteiger partial charge in [-0.3, -0.25) is 3.59 Å². The van der Waals surface area contributed by atoms with Gasteiger partial charge in [0.2, 0.25) is 0 Å². The van der Waals surface area contributed by atoms with Crippen molar-refractivity contribution in [2.45, 2.75) is 0 Å². The van der Waals surface area contributed by atoms with Crippen LogP contribution in [0.5, 0.6) is 0 Å². The summed E-state index contributed by atoms with van der Waals surface area (Å²) in [4.78, 5) is 13.1. The van der Waals surface area contributed by atoms with Crippen LogP contribution in [0.3, 0.4) is 0 Å². The van der Waals surface area contributed by atoms with E-state index in [4.69, 9.17) is 9.97 Å². The largest absolute Gasteiger partial charge is 0.355 e. The van der Waals surface area contributed by atoms with Crippen LogP contribution in [0.2, 0.25) is 0 Å². The van der Waals surface area contributed by atoms with Gasteiger partial charge >= 0.3 is 0 Å². The Balaban J connectivity index is 0.00000253. The Morgan fingerprint density at radius 1 is 0.743 bits per heavy atom. The Hall–Kier alpha value is -1.64. The summed E-state index contributed by atoms with van der Waals surface area (Å²) in [7, 11) is 0. The molecule has 0 saturated carbocycles. The van der Waals surface area contributed by atoms with Crippen LogP contribution in [0.25, 0.3) is 55.9 Å². The maximum absolute atomic E-state index is 4.89. The maximum Gasteiger partial charge on any atom is 0.0943 e. The van der Waals surface area contributed by atoms with Crippen LogP contribution in [-0.4, -0.2) is 18.5 Å². The number of nitrogens with one attached hydrogen (secondary N) is 1. The Morgan fingerprint density at radius 2 is 1.40 bits per heavy atom. The van der Waals surface area contributed by atoms with Crippen molar-refractivity contribution in [3.8, 4) is 11.1 Å². The van der Waals surface area contributed by atoms with Gasteiger partial charge in [0.25, 0.3) is 0 Å². The fourth-order valence-corrected chi connectivity index (χ4v) is 7.74. The van der Waals surface area contributed by atoms with E-state index in [0.717, 1.165) is 69.4 Å².